The molecule has 0 spiro atoms. The second kappa shape index (κ2) is 7.39. The highest BCUT2D eigenvalue weighted by atomic mass is 35.5. The first-order valence-electron chi connectivity index (χ1n) is 8.36. The molecular formula is C19H21ClN2O3S. The minimum absolute atomic E-state index is 0.188. The first-order valence-corrected chi connectivity index (χ1v) is 10.6. The number of aryl methyl sites for hydroxylation is 1. The molecule has 1 atom stereocenters. The summed E-state index contributed by atoms with van der Waals surface area (Å²) in [5.41, 5.74) is 1.88. The molecule has 1 N–H and O–H groups in total. The van der Waals surface area contributed by atoms with Crippen LogP contribution in [0, 0.1) is 6.92 Å². The first-order chi connectivity index (χ1) is 12.3. The van der Waals surface area contributed by atoms with E-state index < -0.39 is 9.84 Å². The Bertz CT molecular complexity index is 944. The van der Waals surface area contributed by atoms with Gasteiger partial charge in [-0.1, -0.05) is 35.9 Å². The van der Waals surface area contributed by atoms with Crippen molar-refractivity contribution in [1.29, 1.82) is 0 Å². The van der Waals surface area contributed by atoms with E-state index in [2.05, 4.69) is 5.32 Å². The summed E-state index contributed by atoms with van der Waals surface area (Å²) in [6, 6.07) is 12.1. The van der Waals surface area contributed by atoms with Crippen molar-refractivity contribution in [2.24, 2.45) is 0 Å². The van der Waals surface area contributed by atoms with Gasteiger partial charge in [0, 0.05) is 36.5 Å². The zero-order valence-corrected chi connectivity index (χ0v) is 16.3. The van der Waals surface area contributed by atoms with Crippen molar-refractivity contribution < 1.29 is 13.2 Å². The van der Waals surface area contributed by atoms with Crippen LogP contribution in [-0.4, -0.2) is 45.1 Å². The maximum Gasteiger partial charge on any atom is 0.254 e. The van der Waals surface area contributed by atoms with Gasteiger partial charge < -0.3 is 10.2 Å². The Labute approximate surface area is 158 Å². The van der Waals surface area contributed by atoms with E-state index in [0.29, 0.717) is 35.8 Å². The molecule has 1 fully saturated rings. The van der Waals surface area contributed by atoms with Crippen molar-refractivity contribution in [3.05, 3.63) is 64.2 Å². The average molecular weight is 393 g/mol. The van der Waals surface area contributed by atoms with Crippen LogP contribution in [0.5, 0.6) is 0 Å². The highest BCUT2D eigenvalue weighted by Gasteiger charge is 2.30. The number of hydrogen-bond acceptors (Lipinski definition) is 4. The van der Waals surface area contributed by atoms with E-state index >= 15 is 0 Å². The average Bonchev–Trinajstić information content (AvgIpc) is 2.61. The maximum absolute atomic E-state index is 13.1. The molecule has 2 aromatic rings. The van der Waals surface area contributed by atoms with Crippen LogP contribution in [0.2, 0.25) is 5.02 Å². The monoisotopic (exact) mass is 392 g/mol. The number of carbonyl (C=O) groups is 1. The lowest BCUT2D eigenvalue weighted by Crippen LogP contribution is -2.48. The lowest BCUT2D eigenvalue weighted by atomic mass is 10.0. The normalized spacial score (nSPS) is 18.0. The number of benzene rings is 2. The molecule has 0 radical (unpaired) electrons. The van der Waals surface area contributed by atoms with Gasteiger partial charge in [0.25, 0.3) is 5.91 Å². The van der Waals surface area contributed by atoms with Gasteiger partial charge >= 0.3 is 0 Å². The van der Waals surface area contributed by atoms with Gasteiger partial charge in [-0.2, -0.15) is 0 Å². The Morgan fingerprint density at radius 2 is 1.96 bits per heavy atom. The number of rotatable bonds is 3. The Morgan fingerprint density at radius 3 is 2.65 bits per heavy atom. The molecule has 5 nitrogen and oxygen atoms in total. The molecular weight excluding hydrogens is 372 g/mol. The summed E-state index contributed by atoms with van der Waals surface area (Å²) in [6.45, 7) is 3.52. The van der Waals surface area contributed by atoms with E-state index in [1.54, 1.807) is 24.0 Å². The van der Waals surface area contributed by atoms with Gasteiger partial charge in [0.2, 0.25) is 0 Å². The SMILES string of the molecule is Cc1ccc(C(=O)N2CCNCC2c2ccccc2Cl)cc1S(C)(=O)=O. The van der Waals surface area contributed by atoms with Crippen molar-refractivity contribution >= 4 is 27.3 Å². The van der Waals surface area contributed by atoms with Crippen LogP contribution in [0.4, 0.5) is 0 Å². The summed E-state index contributed by atoms with van der Waals surface area (Å²) in [5.74, 6) is -0.193. The number of carbonyl (C=O) groups excluding carboxylic acids is 1. The Morgan fingerprint density at radius 1 is 1.23 bits per heavy atom. The fourth-order valence-electron chi connectivity index (χ4n) is 3.27. The number of hydrogen-bond donors (Lipinski definition) is 1. The molecule has 26 heavy (non-hydrogen) atoms. The van der Waals surface area contributed by atoms with Gasteiger partial charge in [-0.25, -0.2) is 8.42 Å². The fraction of sp³-hybridized carbons (Fsp3) is 0.316. The van der Waals surface area contributed by atoms with Crippen molar-refractivity contribution in [2.75, 3.05) is 25.9 Å². The summed E-state index contributed by atoms with van der Waals surface area (Å²) >= 11 is 6.33. The number of nitrogens with zero attached hydrogens (tertiary/aromatic N) is 1. The summed E-state index contributed by atoms with van der Waals surface area (Å²) in [4.78, 5) is 15.1. The molecule has 1 aliphatic rings. The molecule has 0 aromatic heterocycles. The Hall–Kier alpha value is -1.89. The third-order valence-corrected chi connectivity index (χ3v) is 6.19. The van der Waals surface area contributed by atoms with E-state index in [-0.39, 0.29) is 16.8 Å². The van der Waals surface area contributed by atoms with Gasteiger partial charge in [-0.15, -0.1) is 0 Å². The van der Waals surface area contributed by atoms with E-state index in [4.69, 9.17) is 11.6 Å². The van der Waals surface area contributed by atoms with E-state index in [1.165, 1.54) is 6.07 Å². The molecule has 1 unspecified atom stereocenters. The molecule has 0 aliphatic carbocycles. The van der Waals surface area contributed by atoms with E-state index in [0.717, 1.165) is 11.8 Å². The number of piperazine rings is 1. The van der Waals surface area contributed by atoms with Crippen LogP contribution in [0.15, 0.2) is 47.4 Å². The predicted octanol–water partition coefficient (Wildman–Crippen LogP) is 2.84. The highest BCUT2D eigenvalue weighted by molar-refractivity contribution is 7.90. The van der Waals surface area contributed by atoms with Crippen LogP contribution in [0.1, 0.15) is 27.5 Å². The lowest BCUT2D eigenvalue weighted by molar-refractivity contribution is 0.0634. The Balaban J connectivity index is 1.99. The number of sulfone groups is 1. The smallest absolute Gasteiger partial charge is 0.254 e. The van der Waals surface area contributed by atoms with E-state index in [1.807, 2.05) is 24.3 Å². The zero-order chi connectivity index (χ0) is 18.9. The van der Waals surface area contributed by atoms with Crippen LogP contribution < -0.4 is 5.32 Å². The molecule has 3 rings (SSSR count). The summed E-state index contributed by atoms with van der Waals surface area (Å²) in [5, 5.41) is 3.90. The van der Waals surface area contributed by atoms with Crippen LogP contribution >= 0.6 is 11.6 Å². The zero-order valence-electron chi connectivity index (χ0n) is 14.7. The number of amides is 1. The Kier molecular flexibility index (Phi) is 5.37. The largest absolute Gasteiger partial charge is 0.329 e. The minimum atomic E-state index is -3.40. The van der Waals surface area contributed by atoms with Crippen molar-refractivity contribution in [3.63, 3.8) is 0 Å². The molecule has 2 aromatic carbocycles. The second-order valence-electron chi connectivity index (χ2n) is 6.49. The second-order valence-corrected chi connectivity index (χ2v) is 8.88. The van der Waals surface area contributed by atoms with E-state index in [9.17, 15) is 13.2 Å². The van der Waals surface area contributed by atoms with Crippen LogP contribution in [0.25, 0.3) is 0 Å². The molecule has 0 saturated carbocycles. The minimum Gasteiger partial charge on any atom is -0.329 e. The topological polar surface area (TPSA) is 66.5 Å². The van der Waals surface area contributed by atoms with Crippen LogP contribution in [-0.2, 0) is 9.84 Å². The quantitative estimate of drug-likeness (QED) is 0.872. The summed E-state index contributed by atoms with van der Waals surface area (Å²) in [6.07, 6.45) is 1.15. The van der Waals surface area contributed by atoms with Crippen molar-refractivity contribution in [3.8, 4) is 0 Å². The van der Waals surface area contributed by atoms with Crippen molar-refractivity contribution in [2.45, 2.75) is 17.9 Å². The molecule has 7 heteroatoms. The fourth-order valence-corrected chi connectivity index (χ4v) is 4.52. The molecule has 1 amide bonds. The van der Waals surface area contributed by atoms with Crippen molar-refractivity contribution in [1.82, 2.24) is 10.2 Å². The summed E-state index contributed by atoms with van der Waals surface area (Å²) < 4.78 is 24.0. The lowest BCUT2D eigenvalue weighted by Gasteiger charge is -2.37. The van der Waals surface area contributed by atoms with Crippen LogP contribution in [0.3, 0.4) is 0 Å². The maximum atomic E-state index is 13.1. The standard InChI is InChI=1S/C19H21ClN2O3S/c1-13-7-8-14(11-18(13)26(2,24)25)19(23)22-10-9-21-12-17(22)15-5-3-4-6-16(15)20/h3-8,11,17,21H,9-10,12H2,1-2H3. The molecule has 0 bridgehead atoms. The van der Waals surface area contributed by atoms with Gasteiger partial charge in [-0.3, -0.25) is 4.79 Å². The van der Waals surface area contributed by atoms with Gasteiger partial charge in [0.1, 0.15) is 0 Å². The molecule has 138 valence electrons. The number of nitrogens with one attached hydrogen (secondary N) is 1. The molecule has 1 saturated heterocycles. The van der Waals surface area contributed by atoms with Gasteiger partial charge in [0.05, 0.1) is 10.9 Å². The van der Waals surface area contributed by atoms with Gasteiger partial charge in [0.15, 0.2) is 9.84 Å². The highest BCUT2D eigenvalue weighted by Crippen LogP contribution is 2.30. The number of halogens is 1. The van der Waals surface area contributed by atoms with Gasteiger partial charge in [-0.05, 0) is 36.2 Å². The third-order valence-electron chi connectivity index (χ3n) is 4.60. The first kappa shape index (κ1) is 18.9. The molecule has 1 heterocycles. The summed E-state index contributed by atoms with van der Waals surface area (Å²) in [7, 11) is -3.40. The molecule has 1 aliphatic heterocycles. The predicted molar refractivity (Wildman–Crippen MR) is 102 cm³/mol. The third kappa shape index (κ3) is 3.77.